The van der Waals surface area contributed by atoms with Gasteiger partial charge in [0.25, 0.3) is 5.91 Å². The standard InChI is InChI=1S/C21H25FN2O3S/c1-15-5-3-4-14-24(15)28(26,27)20-12-8-18(9-13-20)21(25)23-16(2)17-6-10-19(22)11-7-17/h6-13,15-16H,3-5,14H2,1-2H3,(H,23,25)/t15-,16+/m1/s1. The van der Waals surface area contributed by atoms with Crippen molar-refractivity contribution in [2.75, 3.05) is 6.54 Å². The fraction of sp³-hybridized carbons (Fsp3) is 0.381. The predicted molar refractivity (Wildman–Crippen MR) is 106 cm³/mol. The molecule has 2 aromatic rings. The van der Waals surface area contributed by atoms with Gasteiger partial charge in [-0.15, -0.1) is 0 Å². The van der Waals surface area contributed by atoms with E-state index in [0.29, 0.717) is 12.1 Å². The Bertz CT molecular complexity index is 927. The molecule has 2 atom stereocenters. The van der Waals surface area contributed by atoms with Gasteiger partial charge in [0, 0.05) is 18.2 Å². The molecule has 1 aliphatic rings. The normalized spacial score (nSPS) is 19.2. The molecule has 2 aromatic carbocycles. The van der Waals surface area contributed by atoms with Gasteiger partial charge in [0.2, 0.25) is 10.0 Å². The van der Waals surface area contributed by atoms with Crippen molar-refractivity contribution in [3.8, 4) is 0 Å². The van der Waals surface area contributed by atoms with E-state index in [9.17, 15) is 17.6 Å². The van der Waals surface area contributed by atoms with E-state index in [0.717, 1.165) is 24.8 Å². The van der Waals surface area contributed by atoms with Crippen LogP contribution >= 0.6 is 0 Å². The number of nitrogens with one attached hydrogen (secondary N) is 1. The van der Waals surface area contributed by atoms with Gasteiger partial charge in [0.15, 0.2) is 0 Å². The van der Waals surface area contributed by atoms with Crippen molar-refractivity contribution in [2.24, 2.45) is 0 Å². The van der Waals surface area contributed by atoms with Gasteiger partial charge in [-0.2, -0.15) is 4.31 Å². The number of benzene rings is 2. The van der Waals surface area contributed by atoms with Crippen LogP contribution < -0.4 is 5.32 Å². The van der Waals surface area contributed by atoms with Crippen LogP contribution in [-0.2, 0) is 10.0 Å². The van der Waals surface area contributed by atoms with E-state index in [-0.39, 0.29) is 28.7 Å². The molecule has 1 saturated heterocycles. The van der Waals surface area contributed by atoms with Gasteiger partial charge < -0.3 is 5.32 Å². The lowest BCUT2D eigenvalue weighted by Gasteiger charge is -2.32. The Morgan fingerprint density at radius 3 is 2.36 bits per heavy atom. The first-order chi connectivity index (χ1) is 13.3. The molecule has 0 saturated carbocycles. The Balaban J connectivity index is 1.71. The van der Waals surface area contributed by atoms with Crippen molar-refractivity contribution in [2.45, 2.75) is 50.1 Å². The van der Waals surface area contributed by atoms with Crippen molar-refractivity contribution >= 4 is 15.9 Å². The first kappa shape index (κ1) is 20.5. The summed E-state index contributed by atoms with van der Waals surface area (Å²) in [5.74, 6) is -0.644. The van der Waals surface area contributed by atoms with Gasteiger partial charge in [-0.3, -0.25) is 4.79 Å². The molecule has 150 valence electrons. The van der Waals surface area contributed by atoms with Crippen LogP contribution in [0.2, 0.25) is 0 Å². The van der Waals surface area contributed by atoms with E-state index < -0.39 is 10.0 Å². The van der Waals surface area contributed by atoms with Crippen LogP contribution in [0, 0.1) is 5.82 Å². The number of hydrogen-bond acceptors (Lipinski definition) is 3. The summed E-state index contributed by atoms with van der Waals surface area (Å²) in [6, 6.07) is 11.6. The number of carbonyl (C=O) groups excluding carboxylic acids is 1. The van der Waals surface area contributed by atoms with Gasteiger partial charge in [0.1, 0.15) is 5.82 Å². The van der Waals surface area contributed by atoms with E-state index in [2.05, 4.69) is 5.32 Å². The maximum absolute atomic E-state index is 13.0. The summed E-state index contributed by atoms with van der Waals surface area (Å²) in [4.78, 5) is 12.7. The third kappa shape index (κ3) is 4.42. The van der Waals surface area contributed by atoms with Gasteiger partial charge >= 0.3 is 0 Å². The molecule has 1 aliphatic heterocycles. The van der Waals surface area contributed by atoms with Gasteiger partial charge in [0.05, 0.1) is 10.9 Å². The molecule has 1 fully saturated rings. The quantitative estimate of drug-likeness (QED) is 0.822. The van der Waals surface area contributed by atoms with E-state index in [1.807, 2.05) is 13.8 Å². The van der Waals surface area contributed by atoms with Crippen LogP contribution in [0.5, 0.6) is 0 Å². The summed E-state index contributed by atoms with van der Waals surface area (Å²) in [5, 5.41) is 2.84. The number of sulfonamides is 1. The van der Waals surface area contributed by atoms with E-state index in [1.54, 1.807) is 16.4 Å². The second-order valence-electron chi connectivity index (χ2n) is 7.23. The minimum absolute atomic E-state index is 0.0155. The smallest absolute Gasteiger partial charge is 0.251 e. The zero-order valence-corrected chi connectivity index (χ0v) is 16.9. The van der Waals surface area contributed by atoms with Crippen molar-refractivity contribution in [3.63, 3.8) is 0 Å². The monoisotopic (exact) mass is 404 g/mol. The van der Waals surface area contributed by atoms with E-state index in [4.69, 9.17) is 0 Å². The molecular weight excluding hydrogens is 379 g/mol. The Labute approximate surface area is 165 Å². The molecule has 0 bridgehead atoms. The van der Waals surface area contributed by atoms with Crippen molar-refractivity contribution < 1.29 is 17.6 Å². The maximum atomic E-state index is 13.0. The minimum atomic E-state index is -3.56. The second kappa shape index (κ2) is 8.41. The molecule has 0 unspecified atom stereocenters. The Morgan fingerprint density at radius 2 is 1.75 bits per heavy atom. The highest BCUT2D eigenvalue weighted by atomic mass is 32.2. The number of rotatable bonds is 5. The molecule has 1 amide bonds. The summed E-state index contributed by atoms with van der Waals surface area (Å²) < 4.78 is 40.3. The average molecular weight is 405 g/mol. The molecule has 28 heavy (non-hydrogen) atoms. The highest BCUT2D eigenvalue weighted by Gasteiger charge is 2.30. The number of nitrogens with zero attached hydrogens (tertiary/aromatic N) is 1. The average Bonchev–Trinajstić information content (AvgIpc) is 2.68. The molecule has 3 rings (SSSR count). The molecule has 0 aromatic heterocycles. The summed E-state index contributed by atoms with van der Waals surface area (Å²) in [7, 11) is -3.56. The highest BCUT2D eigenvalue weighted by Crippen LogP contribution is 2.25. The first-order valence-corrected chi connectivity index (χ1v) is 10.9. The fourth-order valence-electron chi connectivity index (χ4n) is 3.46. The first-order valence-electron chi connectivity index (χ1n) is 9.47. The molecule has 0 aliphatic carbocycles. The van der Waals surface area contributed by atoms with Crippen molar-refractivity contribution in [1.29, 1.82) is 0 Å². The Hall–Kier alpha value is -2.25. The lowest BCUT2D eigenvalue weighted by atomic mass is 10.1. The Kier molecular flexibility index (Phi) is 6.15. The third-order valence-electron chi connectivity index (χ3n) is 5.18. The van der Waals surface area contributed by atoms with Crippen LogP contribution in [0.25, 0.3) is 0 Å². The lowest BCUT2D eigenvalue weighted by molar-refractivity contribution is 0.0939. The Morgan fingerprint density at radius 1 is 1.11 bits per heavy atom. The van der Waals surface area contributed by atoms with Crippen LogP contribution in [0.15, 0.2) is 53.4 Å². The number of amides is 1. The molecule has 1 N–H and O–H groups in total. The zero-order valence-electron chi connectivity index (χ0n) is 16.1. The van der Waals surface area contributed by atoms with E-state index >= 15 is 0 Å². The van der Waals surface area contributed by atoms with Crippen LogP contribution in [0.3, 0.4) is 0 Å². The third-order valence-corrected chi connectivity index (χ3v) is 7.21. The second-order valence-corrected chi connectivity index (χ2v) is 9.12. The molecule has 0 spiro atoms. The summed E-state index contributed by atoms with van der Waals surface area (Å²) >= 11 is 0. The van der Waals surface area contributed by atoms with Gasteiger partial charge in [-0.25, -0.2) is 12.8 Å². The molecule has 0 radical (unpaired) electrons. The van der Waals surface area contributed by atoms with Gasteiger partial charge in [-0.1, -0.05) is 18.6 Å². The number of piperidine rings is 1. The van der Waals surface area contributed by atoms with Crippen LogP contribution in [0.4, 0.5) is 4.39 Å². The number of hydrogen-bond donors (Lipinski definition) is 1. The van der Waals surface area contributed by atoms with Crippen molar-refractivity contribution in [3.05, 3.63) is 65.5 Å². The zero-order chi connectivity index (χ0) is 20.3. The van der Waals surface area contributed by atoms with Crippen molar-refractivity contribution in [1.82, 2.24) is 9.62 Å². The highest BCUT2D eigenvalue weighted by molar-refractivity contribution is 7.89. The summed E-state index contributed by atoms with van der Waals surface area (Å²) in [6.07, 6.45) is 2.77. The van der Waals surface area contributed by atoms with E-state index in [1.165, 1.54) is 36.4 Å². The molecule has 7 heteroatoms. The molecular formula is C21H25FN2O3S. The predicted octanol–water partition coefficient (Wildman–Crippen LogP) is 3.88. The minimum Gasteiger partial charge on any atom is -0.346 e. The van der Waals surface area contributed by atoms with Gasteiger partial charge in [-0.05, 0) is 68.7 Å². The number of carbonyl (C=O) groups is 1. The fourth-order valence-corrected chi connectivity index (χ4v) is 5.16. The topological polar surface area (TPSA) is 66.5 Å². The van der Waals surface area contributed by atoms with Crippen LogP contribution in [-0.4, -0.2) is 31.2 Å². The molecule has 1 heterocycles. The summed E-state index contributed by atoms with van der Waals surface area (Å²) in [6.45, 7) is 4.26. The SMILES string of the molecule is C[C@H](NC(=O)c1ccc(S(=O)(=O)N2CCCC[C@H]2C)cc1)c1ccc(F)cc1. The number of halogens is 1. The molecule has 5 nitrogen and oxygen atoms in total. The summed E-state index contributed by atoms with van der Waals surface area (Å²) in [5.41, 5.74) is 1.16. The lowest BCUT2D eigenvalue weighted by Crippen LogP contribution is -2.41. The van der Waals surface area contributed by atoms with Crippen LogP contribution in [0.1, 0.15) is 55.1 Å². The maximum Gasteiger partial charge on any atom is 0.251 e. The largest absolute Gasteiger partial charge is 0.346 e.